The van der Waals surface area contributed by atoms with Crippen molar-refractivity contribution < 1.29 is 4.39 Å². The Morgan fingerprint density at radius 1 is 1.36 bits per heavy atom. The minimum Gasteiger partial charge on any atom is -0.379 e. The van der Waals surface area contributed by atoms with Gasteiger partial charge in [-0.15, -0.1) is 0 Å². The molecule has 2 heterocycles. The van der Waals surface area contributed by atoms with E-state index in [0.29, 0.717) is 22.3 Å². The number of nitrogens with two attached hydrogens (primary N) is 1. The molecule has 0 bridgehead atoms. The fourth-order valence-electron chi connectivity index (χ4n) is 2.54. The third-order valence-electron chi connectivity index (χ3n) is 3.78. The highest BCUT2D eigenvalue weighted by atomic mass is 35.5. The Kier molecular flexibility index (Phi) is 4.10. The second kappa shape index (κ2) is 5.89. The van der Waals surface area contributed by atoms with Crippen LogP contribution in [0.1, 0.15) is 18.9 Å². The maximum atomic E-state index is 14.0. The van der Waals surface area contributed by atoms with Crippen LogP contribution in [0.4, 0.5) is 4.39 Å². The standard InChI is InChI=1S/C16H15ClFN3S/c1-16(5-6-20-15(19)22-16)11-4-2-3-10(7-11)13-8-12(17)9-21-14(13)18/h2-4,7-9H,5-6H2,1H3,(H2,19,20)/t16-/m0/s1. The predicted molar refractivity (Wildman–Crippen MR) is 90.7 cm³/mol. The van der Waals surface area contributed by atoms with Crippen LogP contribution in [0.5, 0.6) is 0 Å². The van der Waals surface area contributed by atoms with Crippen LogP contribution < -0.4 is 5.73 Å². The Hall–Kier alpha value is -1.59. The Morgan fingerprint density at radius 2 is 2.18 bits per heavy atom. The summed E-state index contributed by atoms with van der Waals surface area (Å²) < 4.78 is 13.8. The summed E-state index contributed by atoms with van der Waals surface area (Å²) in [4.78, 5) is 7.91. The molecule has 1 aliphatic heterocycles. The predicted octanol–water partition coefficient (Wildman–Crippen LogP) is 4.21. The molecule has 0 aliphatic carbocycles. The number of amidine groups is 1. The van der Waals surface area contributed by atoms with Crippen LogP contribution in [0.15, 0.2) is 41.5 Å². The third kappa shape index (κ3) is 2.96. The number of rotatable bonds is 2. The molecule has 1 aromatic heterocycles. The summed E-state index contributed by atoms with van der Waals surface area (Å²) in [6, 6.07) is 9.37. The molecular formula is C16H15ClFN3S. The smallest absolute Gasteiger partial charge is 0.220 e. The van der Waals surface area contributed by atoms with E-state index in [9.17, 15) is 4.39 Å². The second-order valence-electron chi connectivity index (χ2n) is 5.38. The average molecular weight is 336 g/mol. The summed E-state index contributed by atoms with van der Waals surface area (Å²) in [7, 11) is 0. The van der Waals surface area contributed by atoms with Crippen LogP contribution in [0, 0.1) is 5.95 Å². The van der Waals surface area contributed by atoms with Gasteiger partial charge in [0, 0.05) is 23.1 Å². The van der Waals surface area contributed by atoms with Crippen molar-refractivity contribution in [2.45, 2.75) is 18.1 Å². The first-order valence-corrected chi connectivity index (χ1v) is 8.08. The third-order valence-corrected chi connectivity index (χ3v) is 5.21. The topological polar surface area (TPSA) is 51.3 Å². The Balaban J connectivity index is 2.03. The molecule has 2 N–H and O–H groups in total. The highest BCUT2D eigenvalue weighted by Crippen LogP contribution is 2.42. The van der Waals surface area contributed by atoms with Crippen molar-refractivity contribution in [1.82, 2.24) is 4.98 Å². The van der Waals surface area contributed by atoms with Crippen molar-refractivity contribution in [1.29, 1.82) is 0 Å². The first-order chi connectivity index (χ1) is 10.5. The van der Waals surface area contributed by atoms with E-state index >= 15 is 0 Å². The van der Waals surface area contributed by atoms with E-state index in [4.69, 9.17) is 17.3 Å². The lowest BCUT2D eigenvalue weighted by Gasteiger charge is -2.31. The van der Waals surface area contributed by atoms with E-state index in [0.717, 1.165) is 17.5 Å². The van der Waals surface area contributed by atoms with Crippen molar-refractivity contribution >= 4 is 28.5 Å². The molecule has 0 fully saturated rings. The molecule has 0 saturated carbocycles. The first kappa shape index (κ1) is 15.3. The van der Waals surface area contributed by atoms with E-state index in [1.165, 1.54) is 6.20 Å². The SMILES string of the molecule is C[C@@]1(c2cccc(-c3cc(Cl)cnc3F)c2)CCN=C(N)S1. The molecule has 1 aliphatic rings. The molecule has 2 aromatic rings. The van der Waals surface area contributed by atoms with Crippen LogP contribution in [-0.4, -0.2) is 16.7 Å². The highest BCUT2D eigenvalue weighted by Gasteiger charge is 2.31. The highest BCUT2D eigenvalue weighted by molar-refractivity contribution is 8.14. The number of aromatic nitrogens is 1. The van der Waals surface area contributed by atoms with Gasteiger partial charge in [0.1, 0.15) is 0 Å². The normalized spacial score (nSPS) is 21.5. The lowest BCUT2D eigenvalue weighted by molar-refractivity contribution is 0.587. The number of hydrogen-bond donors (Lipinski definition) is 1. The summed E-state index contributed by atoms with van der Waals surface area (Å²) in [5.41, 5.74) is 8.12. The van der Waals surface area contributed by atoms with Gasteiger partial charge in [-0.05, 0) is 36.6 Å². The van der Waals surface area contributed by atoms with Gasteiger partial charge in [-0.1, -0.05) is 41.6 Å². The molecule has 0 saturated heterocycles. The number of hydrogen-bond acceptors (Lipinski definition) is 4. The fraction of sp³-hybridized carbons (Fsp3) is 0.250. The number of aliphatic imine (C=N–C) groups is 1. The molecule has 1 aromatic carbocycles. The van der Waals surface area contributed by atoms with Gasteiger partial charge >= 0.3 is 0 Å². The zero-order valence-electron chi connectivity index (χ0n) is 12.0. The molecule has 22 heavy (non-hydrogen) atoms. The van der Waals surface area contributed by atoms with Gasteiger partial charge in [-0.3, -0.25) is 4.99 Å². The largest absolute Gasteiger partial charge is 0.379 e. The minimum absolute atomic E-state index is 0.162. The minimum atomic E-state index is -0.524. The van der Waals surface area contributed by atoms with Crippen LogP contribution in [0.2, 0.25) is 5.02 Å². The van der Waals surface area contributed by atoms with Gasteiger partial charge < -0.3 is 5.73 Å². The zero-order valence-corrected chi connectivity index (χ0v) is 13.6. The molecule has 114 valence electrons. The van der Waals surface area contributed by atoms with Crippen LogP contribution in [0.3, 0.4) is 0 Å². The van der Waals surface area contributed by atoms with Gasteiger partial charge in [0.15, 0.2) is 5.17 Å². The summed E-state index contributed by atoms with van der Waals surface area (Å²) in [6.45, 7) is 2.83. The van der Waals surface area contributed by atoms with E-state index in [1.807, 2.05) is 24.3 Å². The van der Waals surface area contributed by atoms with Crippen molar-refractivity contribution in [2.75, 3.05) is 6.54 Å². The fourth-order valence-corrected chi connectivity index (χ4v) is 3.75. The van der Waals surface area contributed by atoms with E-state index in [1.54, 1.807) is 17.8 Å². The second-order valence-corrected chi connectivity index (χ2v) is 7.34. The number of pyridine rings is 1. The Bertz CT molecular complexity index is 750. The lowest BCUT2D eigenvalue weighted by Crippen LogP contribution is -2.28. The summed E-state index contributed by atoms with van der Waals surface area (Å²) >= 11 is 7.48. The number of thioether (sulfide) groups is 1. The number of nitrogens with zero attached hydrogens (tertiary/aromatic N) is 2. The number of benzene rings is 1. The number of halogens is 2. The van der Waals surface area contributed by atoms with Gasteiger partial charge in [-0.25, -0.2) is 4.98 Å². The average Bonchev–Trinajstić information content (AvgIpc) is 2.50. The molecule has 0 radical (unpaired) electrons. The van der Waals surface area contributed by atoms with Crippen LogP contribution in [0.25, 0.3) is 11.1 Å². The van der Waals surface area contributed by atoms with E-state index in [2.05, 4.69) is 16.9 Å². The molecule has 6 heteroatoms. The Labute approximate surface area is 137 Å². The van der Waals surface area contributed by atoms with E-state index in [-0.39, 0.29) is 4.75 Å². The first-order valence-electron chi connectivity index (χ1n) is 6.89. The van der Waals surface area contributed by atoms with Crippen molar-refractivity contribution in [3.8, 4) is 11.1 Å². The van der Waals surface area contributed by atoms with Crippen LogP contribution >= 0.6 is 23.4 Å². The van der Waals surface area contributed by atoms with Gasteiger partial charge in [-0.2, -0.15) is 4.39 Å². The molecule has 0 amide bonds. The van der Waals surface area contributed by atoms with Crippen LogP contribution in [-0.2, 0) is 4.75 Å². The van der Waals surface area contributed by atoms with E-state index < -0.39 is 5.95 Å². The molecule has 3 nitrogen and oxygen atoms in total. The van der Waals surface area contributed by atoms with Crippen molar-refractivity contribution in [2.24, 2.45) is 10.7 Å². The lowest BCUT2D eigenvalue weighted by atomic mass is 9.93. The van der Waals surface area contributed by atoms with Crippen molar-refractivity contribution in [3.05, 3.63) is 53.1 Å². The maximum Gasteiger partial charge on any atom is 0.220 e. The summed E-state index contributed by atoms with van der Waals surface area (Å²) in [5.74, 6) is -0.524. The van der Waals surface area contributed by atoms with Gasteiger partial charge in [0.2, 0.25) is 5.95 Å². The van der Waals surface area contributed by atoms with Gasteiger partial charge in [0.05, 0.1) is 5.02 Å². The molecular weight excluding hydrogens is 321 g/mol. The quantitative estimate of drug-likeness (QED) is 0.836. The molecule has 1 atom stereocenters. The molecule has 3 rings (SSSR count). The zero-order chi connectivity index (χ0) is 15.7. The maximum absolute atomic E-state index is 14.0. The summed E-state index contributed by atoms with van der Waals surface area (Å²) in [5, 5.41) is 1.01. The van der Waals surface area contributed by atoms with Gasteiger partial charge in [0.25, 0.3) is 0 Å². The van der Waals surface area contributed by atoms with Crippen molar-refractivity contribution in [3.63, 3.8) is 0 Å². The summed E-state index contributed by atoms with van der Waals surface area (Å²) in [6.07, 6.45) is 2.19. The molecule has 0 spiro atoms. The molecule has 0 unspecified atom stereocenters. The Morgan fingerprint density at radius 3 is 2.95 bits per heavy atom. The monoisotopic (exact) mass is 335 g/mol.